The lowest BCUT2D eigenvalue weighted by molar-refractivity contribution is -0.138. The third-order valence-corrected chi connectivity index (χ3v) is 5.21. The van der Waals surface area contributed by atoms with Crippen LogP contribution in [0.4, 0.5) is 0 Å². The fraction of sp³-hybridized carbons (Fsp3) is 0.333. The predicted molar refractivity (Wildman–Crippen MR) is 108 cm³/mol. The fourth-order valence-corrected chi connectivity index (χ4v) is 3.47. The van der Waals surface area contributed by atoms with Crippen LogP contribution in [0.2, 0.25) is 0 Å². The second kappa shape index (κ2) is 10.0. The molecule has 5 heteroatoms. The molecule has 2 rings (SSSR count). The van der Waals surface area contributed by atoms with Crippen molar-refractivity contribution < 1.29 is 9.59 Å². The van der Waals surface area contributed by atoms with Crippen molar-refractivity contribution in [1.29, 1.82) is 0 Å². The van der Waals surface area contributed by atoms with Gasteiger partial charge < -0.3 is 10.2 Å². The number of carbonyl (C=O) groups is 2. The number of amides is 2. The van der Waals surface area contributed by atoms with Crippen LogP contribution in [0.5, 0.6) is 0 Å². The highest BCUT2D eigenvalue weighted by molar-refractivity contribution is 7.99. The molecule has 138 valence electrons. The van der Waals surface area contributed by atoms with E-state index in [1.54, 1.807) is 30.6 Å². The van der Waals surface area contributed by atoms with E-state index in [1.165, 1.54) is 11.1 Å². The Morgan fingerprint density at radius 1 is 1.04 bits per heavy atom. The van der Waals surface area contributed by atoms with E-state index in [0.29, 0.717) is 12.3 Å². The first-order chi connectivity index (χ1) is 12.5. The molecule has 2 aromatic carbocycles. The summed E-state index contributed by atoms with van der Waals surface area (Å²) in [4.78, 5) is 26.5. The van der Waals surface area contributed by atoms with E-state index >= 15 is 0 Å². The van der Waals surface area contributed by atoms with Gasteiger partial charge in [0.1, 0.15) is 6.04 Å². The maximum Gasteiger partial charge on any atom is 0.242 e. The van der Waals surface area contributed by atoms with E-state index in [4.69, 9.17) is 0 Å². The quantitative estimate of drug-likeness (QED) is 0.775. The van der Waals surface area contributed by atoms with Crippen molar-refractivity contribution in [3.63, 3.8) is 0 Å². The molecule has 0 saturated carbocycles. The fourth-order valence-electron chi connectivity index (χ4n) is 2.60. The Kier molecular flexibility index (Phi) is 7.73. The van der Waals surface area contributed by atoms with E-state index in [0.717, 1.165) is 11.3 Å². The van der Waals surface area contributed by atoms with Gasteiger partial charge in [-0.05, 0) is 25.0 Å². The van der Waals surface area contributed by atoms with Crippen molar-refractivity contribution in [2.45, 2.75) is 32.2 Å². The van der Waals surface area contributed by atoms with Gasteiger partial charge in [-0.1, -0.05) is 60.2 Å². The molecule has 2 amide bonds. The number of nitrogens with one attached hydrogen (secondary N) is 1. The summed E-state index contributed by atoms with van der Waals surface area (Å²) in [5.41, 5.74) is 3.44. The normalized spacial score (nSPS) is 11.7. The molecule has 26 heavy (non-hydrogen) atoms. The Morgan fingerprint density at radius 2 is 1.69 bits per heavy atom. The number of benzene rings is 2. The van der Waals surface area contributed by atoms with Gasteiger partial charge in [0.05, 0.1) is 5.75 Å². The largest absolute Gasteiger partial charge is 0.357 e. The first-order valence-electron chi connectivity index (χ1n) is 8.69. The summed E-state index contributed by atoms with van der Waals surface area (Å²) < 4.78 is 0. The first-order valence-corrected chi connectivity index (χ1v) is 9.85. The Hall–Kier alpha value is -2.27. The highest BCUT2D eigenvalue weighted by Crippen LogP contribution is 2.16. The summed E-state index contributed by atoms with van der Waals surface area (Å²) in [6.07, 6.45) is 0. The summed E-state index contributed by atoms with van der Waals surface area (Å²) in [5.74, 6) is 0.946. The van der Waals surface area contributed by atoms with Crippen LogP contribution in [0.15, 0.2) is 54.6 Å². The molecule has 0 aromatic heterocycles. The zero-order valence-electron chi connectivity index (χ0n) is 15.6. The van der Waals surface area contributed by atoms with Crippen molar-refractivity contribution >= 4 is 23.6 Å². The number of hydrogen-bond acceptors (Lipinski definition) is 3. The van der Waals surface area contributed by atoms with Crippen LogP contribution in [0.25, 0.3) is 0 Å². The average molecular weight is 371 g/mol. The van der Waals surface area contributed by atoms with E-state index in [2.05, 4.69) is 36.5 Å². The van der Waals surface area contributed by atoms with Gasteiger partial charge in [-0.2, -0.15) is 0 Å². The molecule has 1 atom stereocenters. The minimum absolute atomic E-state index is 0.0259. The summed E-state index contributed by atoms with van der Waals surface area (Å²) in [7, 11) is 1.59. The molecule has 0 spiro atoms. The van der Waals surface area contributed by atoms with Gasteiger partial charge in [0.25, 0.3) is 0 Å². The summed E-state index contributed by atoms with van der Waals surface area (Å²) in [5, 5.41) is 2.63. The second-order valence-corrected chi connectivity index (χ2v) is 7.26. The van der Waals surface area contributed by atoms with Crippen LogP contribution in [-0.4, -0.2) is 35.6 Å². The average Bonchev–Trinajstić information content (AvgIpc) is 2.67. The molecule has 0 saturated heterocycles. The minimum Gasteiger partial charge on any atom is -0.357 e. The molecule has 0 aliphatic heterocycles. The van der Waals surface area contributed by atoms with Crippen molar-refractivity contribution in [3.05, 3.63) is 71.3 Å². The van der Waals surface area contributed by atoms with Crippen LogP contribution in [0, 0.1) is 6.92 Å². The van der Waals surface area contributed by atoms with Gasteiger partial charge >= 0.3 is 0 Å². The number of carbonyl (C=O) groups excluding carboxylic acids is 2. The molecule has 1 unspecified atom stereocenters. The van der Waals surface area contributed by atoms with Crippen molar-refractivity contribution in [2.75, 3.05) is 12.8 Å². The number of hydrogen-bond donors (Lipinski definition) is 1. The lowest BCUT2D eigenvalue weighted by Crippen LogP contribution is -2.47. The van der Waals surface area contributed by atoms with Crippen LogP contribution < -0.4 is 5.32 Å². The van der Waals surface area contributed by atoms with Gasteiger partial charge in [-0.15, -0.1) is 11.8 Å². The molecule has 0 fully saturated rings. The predicted octanol–water partition coefficient (Wildman–Crippen LogP) is 3.39. The molecular weight excluding hydrogens is 344 g/mol. The van der Waals surface area contributed by atoms with Crippen molar-refractivity contribution in [3.8, 4) is 0 Å². The summed E-state index contributed by atoms with van der Waals surface area (Å²) in [6.45, 7) is 4.26. The Bertz CT molecular complexity index is 717. The van der Waals surface area contributed by atoms with E-state index < -0.39 is 6.04 Å². The van der Waals surface area contributed by atoms with Crippen LogP contribution in [0.3, 0.4) is 0 Å². The molecule has 0 bridgehead atoms. The summed E-state index contributed by atoms with van der Waals surface area (Å²) >= 11 is 1.57. The van der Waals surface area contributed by atoms with E-state index in [9.17, 15) is 9.59 Å². The smallest absolute Gasteiger partial charge is 0.242 e. The van der Waals surface area contributed by atoms with E-state index in [1.807, 2.05) is 30.3 Å². The second-order valence-electron chi connectivity index (χ2n) is 6.28. The Morgan fingerprint density at radius 3 is 2.31 bits per heavy atom. The van der Waals surface area contributed by atoms with Crippen LogP contribution in [-0.2, 0) is 21.9 Å². The number of aryl methyl sites for hydroxylation is 1. The van der Waals surface area contributed by atoms with Crippen molar-refractivity contribution in [2.24, 2.45) is 0 Å². The number of thioether (sulfide) groups is 1. The molecular formula is C21H26N2O2S. The zero-order valence-corrected chi connectivity index (χ0v) is 16.4. The van der Waals surface area contributed by atoms with Gasteiger partial charge in [0, 0.05) is 19.3 Å². The Labute approximate surface area is 160 Å². The molecule has 0 heterocycles. The molecule has 2 aromatic rings. The monoisotopic (exact) mass is 370 g/mol. The number of rotatable bonds is 8. The minimum atomic E-state index is -0.507. The lowest BCUT2D eigenvalue weighted by Gasteiger charge is -2.28. The zero-order chi connectivity index (χ0) is 18.9. The maximum atomic E-state index is 12.8. The third-order valence-electron chi connectivity index (χ3n) is 4.22. The lowest BCUT2D eigenvalue weighted by atomic mass is 10.1. The molecule has 0 aliphatic carbocycles. The summed E-state index contributed by atoms with van der Waals surface area (Å²) in [6, 6.07) is 17.6. The topological polar surface area (TPSA) is 49.4 Å². The third kappa shape index (κ3) is 5.92. The molecule has 0 aliphatic rings. The first kappa shape index (κ1) is 20.0. The van der Waals surface area contributed by atoms with Gasteiger partial charge in [0.15, 0.2) is 0 Å². The standard InChI is InChI=1S/C21H26N2O2S/c1-16-9-11-19(12-10-16)14-26-15-20(24)23(17(2)21(25)22-3)13-18-7-5-4-6-8-18/h4-12,17H,13-15H2,1-3H3,(H,22,25). The number of nitrogens with zero attached hydrogens (tertiary/aromatic N) is 1. The maximum absolute atomic E-state index is 12.8. The molecule has 0 radical (unpaired) electrons. The van der Waals surface area contributed by atoms with Gasteiger partial charge in [-0.25, -0.2) is 0 Å². The van der Waals surface area contributed by atoms with Gasteiger partial charge in [-0.3, -0.25) is 9.59 Å². The van der Waals surface area contributed by atoms with Crippen LogP contribution >= 0.6 is 11.8 Å². The highest BCUT2D eigenvalue weighted by Gasteiger charge is 2.25. The number of likely N-dealkylation sites (N-methyl/N-ethyl adjacent to an activating group) is 1. The molecule has 4 nitrogen and oxygen atoms in total. The van der Waals surface area contributed by atoms with Gasteiger partial charge in [0.2, 0.25) is 11.8 Å². The highest BCUT2D eigenvalue weighted by atomic mass is 32.2. The van der Waals surface area contributed by atoms with Crippen LogP contribution in [0.1, 0.15) is 23.6 Å². The Balaban J connectivity index is 1.99. The van der Waals surface area contributed by atoms with Crippen molar-refractivity contribution in [1.82, 2.24) is 10.2 Å². The molecule has 1 N–H and O–H groups in total. The SMILES string of the molecule is CNC(=O)C(C)N(Cc1ccccc1)C(=O)CSCc1ccc(C)cc1. The van der Waals surface area contributed by atoms with E-state index in [-0.39, 0.29) is 11.8 Å².